The summed E-state index contributed by atoms with van der Waals surface area (Å²) < 4.78 is 16.8. The minimum absolute atomic E-state index is 0.151. The maximum atomic E-state index is 13.8. The largest absolute Gasteiger partial charge is 0.318 e. The Labute approximate surface area is 190 Å². The van der Waals surface area contributed by atoms with E-state index in [2.05, 4.69) is 20.8 Å². The van der Waals surface area contributed by atoms with Gasteiger partial charge in [-0.3, -0.25) is 19.0 Å². The molecule has 2 aromatic carbocycles. The molecule has 168 valence electrons. The van der Waals surface area contributed by atoms with E-state index in [1.807, 2.05) is 30.3 Å². The van der Waals surface area contributed by atoms with Crippen molar-refractivity contribution < 1.29 is 14.0 Å². The van der Waals surface area contributed by atoms with E-state index in [0.29, 0.717) is 29.9 Å². The van der Waals surface area contributed by atoms with Crippen LogP contribution < -0.4 is 10.6 Å². The minimum Gasteiger partial charge on any atom is -0.318 e. The zero-order valence-corrected chi connectivity index (χ0v) is 18.0. The van der Waals surface area contributed by atoms with E-state index in [1.165, 1.54) is 27.7 Å². The highest BCUT2D eigenvalue weighted by molar-refractivity contribution is 6.03. The number of benzene rings is 2. The molecule has 4 rings (SSSR count). The van der Waals surface area contributed by atoms with E-state index in [-0.39, 0.29) is 24.0 Å². The lowest BCUT2D eigenvalue weighted by atomic mass is 10.1. The SMILES string of the molecule is Cn1nc(C(=O)Nc2cnn(Cc3ccccc3F)c2)cc1NC(=O)CCc1ccccc1. The van der Waals surface area contributed by atoms with Gasteiger partial charge in [0.25, 0.3) is 5.91 Å². The Kier molecular flexibility index (Phi) is 6.58. The van der Waals surface area contributed by atoms with Gasteiger partial charge in [-0.2, -0.15) is 10.2 Å². The summed E-state index contributed by atoms with van der Waals surface area (Å²) in [4.78, 5) is 24.9. The van der Waals surface area contributed by atoms with Gasteiger partial charge in [0.15, 0.2) is 5.69 Å². The summed E-state index contributed by atoms with van der Waals surface area (Å²) in [5, 5.41) is 13.8. The second-order valence-corrected chi connectivity index (χ2v) is 7.54. The van der Waals surface area contributed by atoms with E-state index in [4.69, 9.17) is 0 Å². The molecule has 0 unspecified atom stereocenters. The monoisotopic (exact) mass is 446 g/mol. The number of anilines is 2. The fraction of sp³-hybridized carbons (Fsp3) is 0.167. The number of aryl methyl sites for hydroxylation is 2. The molecule has 2 heterocycles. The Morgan fingerprint density at radius 3 is 2.58 bits per heavy atom. The number of halogens is 1. The van der Waals surface area contributed by atoms with Crippen LogP contribution in [0.15, 0.2) is 73.1 Å². The molecule has 0 spiro atoms. The minimum atomic E-state index is -0.444. The van der Waals surface area contributed by atoms with Crippen molar-refractivity contribution in [1.29, 1.82) is 0 Å². The fourth-order valence-corrected chi connectivity index (χ4v) is 3.31. The van der Waals surface area contributed by atoms with Crippen molar-refractivity contribution in [3.05, 3.63) is 95.7 Å². The van der Waals surface area contributed by atoms with Crippen LogP contribution >= 0.6 is 0 Å². The average molecular weight is 446 g/mol. The van der Waals surface area contributed by atoms with Crippen molar-refractivity contribution in [2.75, 3.05) is 10.6 Å². The summed E-state index contributed by atoms with van der Waals surface area (Å²) in [5.41, 5.74) is 2.18. The number of nitrogens with one attached hydrogen (secondary N) is 2. The quantitative estimate of drug-likeness (QED) is 0.432. The van der Waals surface area contributed by atoms with Crippen molar-refractivity contribution in [2.45, 2.75) is 19.4 Å². The second-order valence-electron chi connectivity index (χ2n) is 7.54. The van der Waals surface area contributed by atoms with E-state index in [1.54, 1.807) is 31.4 Å². The Morgan fingerprint density at radius 1 is 1.03 bits per heavy atom. The Hall–Kier alpha value is -4.27. The molecule has 0 aliphatic heterocycles. The maximum absolute atomic E-state index is 13.8. The number of hydrogen-bond acceptors (Lipinski definition) is 4. The molecular weight excluding hydrogens is 423 g/mol. The maximum Gasteiger partial charge on any atom is 0.276 e. The van der Waals surface area contributed by atoms with Gasteiger partial charge in [-0.1, -0.05) is 48.5 Å². The first-order valence-corrected chi connectivity index (χ1v) is 10.4. The molecule has 2 N–H and O–H groups in total. The molecule has 0 radical (unpaired) electrons. The van der Waals surface area contributed by atoms with Crippen LogP contribution in [-0.4, -0.2) is 31.4 Å². The highest BCUT2D eigenvalue weighted by Gasteiger charge is 2.15. The van der Waals surface area contributed by atoms with Gasteiger partial charge in [0, 0.05) is 31.3 Å². The van der Waals surface area contributed by atoms with Gasteiger partial charge in [0.05, 0.1) is 18.4 Å². The van der Waals surface area contributed by atoms with E-state index < -0.39 is 5.91 Å². The molecule has 0 aliphatic rings. The summed E-state index contributed by atoms with van der Waals surface area (Å²) >= 11 is 0. The molecule has 0 atom stereocenters. The van der Waals surface area contributed by atoms with Gasteiger partial charge in [0.1, 0.15) is 11.6 Å². The predicted octanol–water partition coefficient (Wildman–Crippen LogP) is 3.63. The fourth-order valence-electron chi connectivity index (χ4n) is 3.31. The lowest BCUT2D eigenvalue weighted by Crippen LogP contribution is -2.14. The second kappa shape index (κ2) is 9.90. The molecule has 2 aromatic heterocycles. The molecule has 2 amide bonds. The lowest BCUT2D eigenvalue weighted by molar-refractivity contribution is -0.116. The Morgan fingerprint density at radius 2 is 1.79 bits per heavy atom. The Balaban J connectivity index is 1.34. The summed E-state index contributed by atoms with van der Waals surface area (Å²) in [6, 6.07) is 17.7. The topological polar surface area (TPSA) is 93.8 Å². The molecule has 8 nitrogen and oxygen atoms in total. The average Bonchev–Trinajstić information content (AvgIpc) is 3.41. The number of rotatable bonds is 8. The number of aromatic nitrogens is 4. The van der Waals surface area contributed by atoms with Crippen molar-refractivity contribution >= 4 is 23.3 Å². The third kappa shape index (κ3) is 5.70. The van der Waals surface area contributed by atoms with Crippen molar-refractivity contribution in [1.82, 2.24) is 19.6 Å². The standard InChI is InChI=1S/C24H23FN6O2/c1-30-22(28-23(32)12-11-17-7-3-2-4-8-17)13-21(29-30)24(33)27-19-14-26-31(16-19)15-18-9-5-6-10-20(18)25/h2-10,13-14,16H,11-12,15H2,1H3,(H,27,33)(H,28,32). The summed E-state index contributed by atoms with van der Waals surface area (Å²) in [6.45, 7) is 0.241. The van der Waals surface area contributed by atoms with Gasteiger partial charge in [-0.15, -0.1) is 0 Å². The van der Waals surface area contributed by atoms with Crippen molar-refractivity contribution in [3.8, 4) is 0 Å². The summed E-state index contributed by atoms with van der Waals surface area (Å²) in [5.74, 6) is -0.497. The third-order valence-corrected chi connectivity index (χ3v) is 5.04. The van der Waals surface area contributed by atoms with Crippen LogP contribution in [0, 0.1) is 5.82 Å². The molecule has 0 saturated carbocycles. The van der Waals surface area contributed by atoms with Gasteiger partial charge in [0.2, 0.25) is 5.91 Å². The van der Waals surface area contributed by atoms with Crippen LogP contribution in [0.5, 0.6) is 0 Å². The first kappa shape index (κ1) is 21.9. The van der Waals surface area contributed by atoms with Crippen molar-refractivity contribution in [3.63, 3.8) is 0 Å². The van der Waals surface area contributed by atoms with Crippen LogP contribution in [-0.2, 0) is 24.8 Å². The molecule has 0 bridgehead atoms. The van der Waals surface area contributed by atoms with Crippen LogP contribution in [0.2, 0.25) is 0 Å². The normalized spacial score (nSPS) is 10.7. The smallest absolute Gasteiger partial charge is 0.276 e. The van der Waals surface area contributed by atoms with Crippen molar-refractivity contribution in [2.24, 2.45) is 7.05 Å². The van der Waals surface area contributed by atoms with Gasteiger partial charge >= 0.3 is 0 Å². The summed E-state index contributed by atoms with van der Waals surface area (Å²) in [6.07, 6.45) is 4.03. The van der Waals surface area contributed by atoms with Crippen LogP contribution in [0.25, 0.3) is 0 Å². The van der Waals surface area contributed by atoms with E-state index in [0.717, 1.165) is 5.56 Å². The zero-order valence-electron chi connectivity index (χ0n) is 18.0. The highest BCUT2D eigenvalue weighted by Crippen LogP contribution is 2.14. The third-order valence-electron chi connectivity index (χ3n) is 5.04. The summed E-state index contributed by atoms with van der Waals surface area (Å²) in [7, 11) is 1.65. The number of nitrogens with zero attached hydrogens (tertiary/aromatic N) is 4. The molecule has 9 heteroatoms. The zero-order chi connectivity index (χ0) is 23.2. The number of hydrogen-bond donors (Lipinski definition) is 2. The Bertz CT molecular complexity index is 1260. The van der Waals surface area contributed by atoms with Gasteiger partial charge < -0.3 is 10.6 Å². The molecule has 4 aromatic rings. The van der Waals surface area contributed by atoms with Gasteiger partial charge in [-0.25, -0.2) is 4.39 Å². The van der Waals surface area contributed by atoms with Crippen LogP contribution in [0.1, 0.15) is 28.0 Å². The predicted molar refractivity (Wildman–Crippen MR) is 122 cm³/mol. The number of carbonyl (C=O) groups excluding carboxylic acids is 2. The van der Waals surface area contributed by atoms with E-state index in [9.17, 15) is 14.0 Å². The van der Waals surface area contributed by atoms with E-state index >= 15 is 0 Å². The highest BCUT2D eigenvalue weighted by atomic mass is 19.1. The molecular formula is C24H23FN6O2. The lowest BCUT2D eigenvalue weighted by Gasteiger charge is -2.05. The van der Waals surface area contributed by atoms with Crippen LogP contribution in [0.4, 0.5) is 15.9 Å². The van der Waals surface area contributed by atoms with Crippen LogP contribution in [0.3, 0.4) is 0 Å². The van der Waals surface area contributed by atoms with Gasteiger partial charge in [-0.05, 0) is 18.1 Å². The first-order chi connectivity index (χ1) is 16.0. The molecule has 0 aliphatic carbocycles. The number of carbonyl (C=O) groups is 2. The molecule has 0 fully saturated rings. The first-order valence-electron chi connectivity index (χ1n) is 10.4. The number of amides is 2. The molecule has 0 saturated heterocycles. The molecule has 33 heavy (non-hydrogen) atoms.